The molecule has 0 bridgehead atoms. The van der Waals surface area contributed by atoms with Crippen molar-refractivity contribution in [3.63, 3.8) is 0 Å². The van der Waals surface area contributed by atoms with E-state index < -0.39 is 20.7 Å². The molecule has 3 aromatic rings. The van der Waals surface area contributed by atoms with Gasteiger partial charge in [-0.25, -0.2) is 13.4 Å². The third kappa shape index (κ3) is 4.04. The molecule has 1 N–H and O–H groups in total. The summed E-state index contributed by atoms with van der Waals surface area (Å²) in [6.07, 6.45) is 0. The van der Waals surface area contributed by atoms with Gasteiger partial charge in [0.15, 0.2) is 0 Å². The number of aromatic nitrogens is 1. The molecule has 0 atom stereocenters. The number of nitro benzene ring substituents is 1. The lowest BCUT2D eigenvalue weighted by Gasteiger charge is -2.08. The number of carbonyl (C=O) groups is 1. The quantitative estimate of drug-likeness (QED) is 0.521. The van der Waals surface area contributed by atoms with Crippen LogP contribution in [0.25, 0.3) is 0 Å². The van der Waals surface area contributed by atoms with Gasteiger partial charge in [-0.1, -0.05) is 6.07 Å². The lowest BCUT2D eigenvalue weighted by molar-refractivity contribution is -0.384. The van der Waals surface area contributed by atoms with E-state index in [2.05, 4.69) is 10.3 Å². The number of hydrogen-bond acceptors (Lipinski definition) is 6. The number of hydrogen-bond donors (Lipinski definition) is 1. The lowest BCUT2D eigenvalue weighted by atomic mass is 10.2. The topological polar surface area (TPSA) is 119 Å². The molecule has 28 heavy (non-hydrogen) atoms. The van der Waals surface area contributed by atoms with Crippen LogP contribution >= 0.6 is 0 Å². The molecule has 142 valence electrons. The van der Waals surface area contributed by atoms with Gasteiger partial charge < -0.3 is 5.32 Å². The molecule has 3 rings (SSSR count). The fourth-order valence-corrected chi connectivity index (χ4v) is 3.73. The highest BCUT2D eigenvalue weighted by Gasteiger charge is 2.19. The van der Waals surface area contributed by atoms with E-state index in [0.717, 1.165) is 12.1 Å². The van der Waals surface area contributed by atoms with E-state index >= 15 is 0 Å². The molecule has 0 aliphatic heterocycles. The van der Waals surface area contributed by atoms with Gasteiger partial charge in [0.25, 0.3) is 11.6 Å². The lowest BCUT2D eigenvalue weighted by Crippen LogP contribution is -2.14. The molecule has 0 aliphatic carbocycles. The molecule has 0 spiro atoms. The number of aryl methyl sites for hydroxylation is 1. The van der Waals surface area contributed by atoms with Gasteiger partial charge in [-0.2, -0.15) is 0 Å². The second kappa shape index (κ2) is 7.57. The number of carbonyl (C=O) groups excluding carboxylic acids is 1. The highest BCUT2D eigenvalue weighted by Crippen LogP contribution is 2.24. The van der Waals surface area contributed by atoms with Gasteiger partial charge in [0, 0.05) is 23.5 Å². The SMILES string of the molecule is Cc1cccc(C(=O)Nc2ccc(S(=O)(=O)c3ccc([N+](=O)[O-])cc3)cc2)n1. The van der Waals surface area contributed by atoms with Crippen molar-refractivity contribution in [2.45, 2.75) is 16.7 Å². The van der Waals surface area contributed by atoms with Crippen LogP contribution in [0.5, 0.6) is 0 Å². The van der Waals surface area contributed by atoms with Gasteiger partial charge in [-0.3, -0.25) is 14.9 Å². The van der Waals surface area contributed by atoms with Gasteiger partial charge in [0.2, 0.25) is 9.84 Å². The molecule has 1 amide bonds. The number of anilines is 1. The van der Waals surface area contributed by atoms with Crippen LogP contribution in [0.4, 0.5) is 11.4 Å². The molecular weight excluding hydrogens is 382 g/mol. The molecule has 0 radical (unpaired) electrons. The molecule has 0 saturated carbocycles. The van der Waals surface area contributed by atoms with Crippen LogP contribution in [0, 0.1) is 17.0 Å². The minimum atomic E-state index is -3.83. The Kier molecular flexibility index (Phi) is 5.18. The van der Waals surface area contributed by atoms with Crippen LogP contribution in [0.1, 0.15) is 16.2 Å². The van der Waals surface area contributed by atoms with Crippen LogP contribution in [0.15, 0.2) is 76.5 Å². The van der Waals surface area contributed by atoms with E-state index in [9.17, 15) is 23.3 Å². The van der Waals surface area contributed by atoms with E-state index in [0.29, 0.717) is 11.4 Å². The molecule has 9 heteroatoms. The summed E-state index contributed by atoms with van der Waals surface area (Å²) in [6, 6.07) is 15.4. The maximum atomic E-state index is 12.6. The number of sulfone groups is 1. The minimum absolute atomic E-state index is 0.00744. The van der Waals surface area contributed by atoms with Gasteiger partial charge in [0.05, 0.1) is 14.7 Å². The smallest absolute Gasteiger partial charge is 0.274 e. The summed E-state index contributed by atoms with van der Waals surface area (Å²) in [6.45, 7) is 1.77. The third-order valence-corrected chi connectivity index (χ3v) is 5.69. The van der Waals surface area contributed by atoms with E-state index in [1.54, 1.807) is 25.1 Å². The van der Waals surface area contributed by atoms with Crippen molar-refractivity contribution in [2.24, 2.45) is 0 Å². The van der Waals surface area contributed by atoms with E-state index in [4.69, 9.17) is 0 Å². The maximum Gasteiger partial charge on any atom is 0.274 e. The summed E-state index contributed by atoms with van der Waals surface area (Å²) in [4.78, 5) is 26.4. The second-order valence-electron chi connectivity index (χ2n) is 5.90. The van der Waals surface area contributed by atoms with Crippen LogP contribution in [-0.4, -0.2) is 24.2 Å². The Hall–Kier alpha value is -3.59. The molecule has 1 heterocycles. The van der Waals surface area contributed by atoms with Crippen molar-refractivity contribution in [2.75, 3.05) is 5.32 Å². The Bertz CT molecular complexity index is 1140. The first-order valence-corrected chi connectivity index (χ1v) is 9.60. The number of rotatable bonds is 5. The fraction of sp³-hybridized carbons (Fsp3) is 0.0526. The molecule has 0 saturated heterocycles. The molecular formula is C19H15N3O5S. The number of non-ortho nitro benzene ring substituents is 1. The van der Waals surface area contributed by atoms with Gasteiger partial charge in [-0.15, -0.1) is 0 Å². The largest absolute Gasteiger partial charge is 0.321 e. The van der Waals surface area contributed by atoms with Crippen molar-refractivity contribution in [1.82, 2.24) is 4.98 Å². The zero-order chi connectivity index (χ0) is 20.3. The zero-order valence-corrected chi connectivity index (χ0v) is 15.5. The van der Waals surface area contributed by atoms with Crippen molar-refractivity contribution >= 4 is 27.1 Å². The fourth-order valence-electron chi connectivity index (χ4n) is 2.47. The van der Waals surface area contributed by atoms with Crippen LogP contribution < -0.4 is 5.32 Å². The first-order valence-electron chi connectivity index (χ1n) is 8.12. The molecule has 0 fully saturated rings. The predicted octanol–water partition coefficient (Wildman–Crippen LogP) is 3.38. The van der Waals surface area contributed by atoms with Gasteiger partial charge in [-0.05, 0) is 55.5 Å². The Morgan fingerprint density at radius 1 is 0.964 bits per heavy atom. The average Bonchev–Trinajstić information content (AvgIpc) is 2.68. The summed E-state index contributed by atoms with van der Waals surface area (Å²) in [5, 5.41) is 13.3. The number of nitrogens with zero attached hydrogens (tertiary/aromatic N) is 2. The van der Waals surface area contributed by atoms with Crippen LogP contribution in [-0.2, 0) is 9.84 Å². The normalized spacial score (nSPS) is 11.0. The summed E-state index contributed by atoms with van der Waals surface area (Å²) in [7, 11) is -3.83. The van der Waals surface area contributed by atoms with E-state index in [1.807, 2.05) is 0 Å². The first kappa shape index (κ1) is 19.2. The van der Waals surface area contributed by atoms with E-state index in [1.165, 1.54) is 36.4 Å². The Morgan fingerprint density at radius 3 is 2.07 bits per heavy atom. The Balaban J connectivity index is 1.79. The summed E-state index contributed by atoms with van der Waals surface area (Å²) in [5.74, 6) is -0.408. The standard InChI is InChI=1S/C19H15N3O5S/c1-13-3-2-4-18(20-13)19(23)21-14-5-9-16(10-6-14)28(26,27)17-11-7-15(8-12-17)22(24)25/h2-12H,1H3,(H,21,23). The monoisotopic (exact) mass is 397 g/mol. The number of nitro groups is 1. The number of nitrogens with one attached hydrogen (secondary N) is 1. The third-order valence-electron chi connectivity index (χ3n) is 3.90. The summed E-state index contributed by atoms with van der Waals surface area (Å²) < 4.78 is 25.3. The van der Waals surface area contributed by atoms with Crippen molar-refractivity contribution in [3.05, 3.63) is 88.2 Å². The zero-order valence-electron chi connectivity index (χ0n) is 14.7. The minimum Gasteiger partial charge on any atom is -0.321 e. The first-order chi connectivity index (χ1) is 13.3. The number of benzene rings is 2. The summed E-state index contributed by atoms with van der Waals surface area (Å²) in [5.41, 5.74) is 1.18. The molecule has 1 aromatic heterocycles. The molecule has 0 unspecified atom stereocenters. The molecule has 8 nitrogen and oxygen atoms in total. The maximum absolute atomic E-state index is 12.6. The molecule has 0 aliphatic rings. The van der Waals surface area contributed by atoms with Crippen molar-refractivity contribution < 1.29 is 18.1 Å². The summed E-state index contributed by atoms with van der Waals surface area (Å²) >= 11 is 0. The Labute approximate surface area is 160 Å². The second-order valence-corrected chi connectivity index (χ2v) is 7.85. The van der Waals surface area contributed by atoms with Crippen LogP contribution in [0.2, 0.25) is 0 Å². The van der Waals surface area contributed by atoms with Crippen LogP contribution in [0.3, 0.4) is 0 Å². The number of amides is 1. The molecule has 2 aromatic carbocycles. The van der Waals surface area contributed by atoms with Gasteiger partial charge >= 0.3 is 0 Å². The average molecular weight is 397 g/mol. The van der Waals surface area contributed by atoms with Crippen molar-refractivity contribution in [3.8, 4) is 0 Å². The Morgan fingerprint density at radius 2 is 1.54 bits per heavy atom. The van der Waals surface area contributed by atoms with E-state index in [-0.39, 0.29) is 21.2 Å². The highest BCUT2D eigenvalue weighted by molar-refractivity contribution is 7.91. The number of pyridine rings is 1. The van der Waals surface area contributed by atoms with Crippen molar-refractivity contribution in [1.29, 1.82) is 0 Å². The highest BCUT2D eigenvalue weighted by atomic mass is 32.2. The predicted molar refractivity (Wildman–Crippen MR) is 102 cm³/mol. The van der Waals surface area contributed by atoms with Gasteiger partial charge in [0.1, 0.15) is 5.69 Å².